The van der Waals surface area contributed by atoms with E-state index < -0.39 is 0 Å². The summed E-state index contributed by atoms with van der Waals surface area (Å²) in [7, 11) is 0. The van der Waals surface area contributed by atoms with Crippen LogP contribution < -0.4 is 0 Å². The second kappa shape index (κ2) is 9.33. The SMILES string of the molecule is CCN(Cc1ccc(C(=O)N2CCCC2Cc2cccc(F)c2)cc1)C(C)C. The van der Waals surface area contributed by atoms with Gasteiger partial charge in [-0.2, -0.15) is 0 Å². The third-order valence-corrected chi connectivity index (χ3v) is 5.72. The maximum atomic E-state index is 13.5. The van der Waals surface area contributed by atoms with Crippen LogP contribution in [0.4, 0.5) is 4.39 Å². The van der Waals surface area contributed by atoms with Crippen LogP contribution in [0.3, 0.4) is 0 Å². The molecule has 28 heavy (non-hydrogen) atoms. The van der Waals surface area contributed by atoms with Crippen molar-refractivity contribution in [3.8, 4) is 0 Å². The fourth-order valence-corrected chi connectivity index (χ4v) is 4.06. The Kier molecular flexibility index (Phi) is 6.84. The first-order chi connectivity index (χ1) is 13.5. The Labute approximate surface area is 168 Å². The van der Waals surface area contributed by atoms with Crippen molar-refractivity contribution in [3.63, 3.8) is 0 Å². The Morgan fingerprint density at radius 3 is 2.57 bits per heavy atom. The zero-order chi connectivity index (χ0) is 20.1. The summed E-state index contributed by atoms with van der Waals surface area (Å²) in [5.74, 6) is -0.131. The van der Waals surface area contributed by atoms with Gasteiger partial charge in [0.15, 0.2) is 0 Å². The molecule has 2 aromatic rings. The molecule has 0 aromatic heterocycles. The minimum atomic E-state index is -0.216. The molecule has 150 valence electrons. The quantitative estimate of drug-likeness (QED) is 0.680. The standard InChI is InChI=1S/C24H31FN2O/c1-4-26(18(2)3)17-19-10-12-21(13-11-19)24(28)27-14-6-9-23(27)16-20-7-5-8-22(25)15-20/h5,7-8,10-13,15,18,23H,4,6,9,14,16-17H2,1-3H3. The van der Waals surface area contributed by atoms with Gasteiger partial charge in [0.1, 0.15) is 5.82 Å². The molecule has 0 bridgehead atoms. The monoisotopic (exact) mass is 382 g/mol. The minimum absolute atomic E-state index is 0.0849. The molecule has 0 N–H and O–H groups in total. The van der Waals surface area contributed by atoms with Gasteiger partial charge in [-0.15, -0.1) is 0 Å². The maximum absolute atomic E-state index is 13.5. The summed E-state index contributed by atoms with van der Waals surface area (Å²) in [5.41, 5.74) is 2.92. The summed E-state index contributed by atoms with van der Waals surface area (Å²) < 4.78 is 13.5. The van der Waals surface area contributed by atoms with E-state index in [1.54, 1.807) is 12.1 Å². The van der Waals surface area contributed by atoms with Crippen molar-refractivity contribution in [2.75, 3.05) is 13.1 Å². The topological polar surface area (TPSA) is 23.6 Å². The maximum Gasteiger partial charge on any atom is 0.254 e. The number of carbonyl (C=O) groups is 1. The fraction of sp³-hybridized carbons (Fsp3) is 0.458. The molecule has 1 fully saturated rings. The number of halogens is 1. The highest BCUT2D eigenvalue weighted by Crippen LogP contribution is 2.24. The summed E-state index contributed by atoms with van der Waals surface area (Å²) in [6.07, 6.45) is 2.69. The number of rotatable bonds is 7. The molecule has 2 aromatic carbocycles. The van der Waals surface area contributed by atoms with Crippen molar-refractivity contribution in [2.24, 2.45) is 0 Å². The van der Waals surface area contributed by atoms with Crippen molar-refractivity contribution in [1.82, 2.24) is 9.80 Å². The molecule has 0 spiro atoms. The van der Waals surface area contributed by atoms with E-state index in [1.807, 2.05) is 23.1 Å². The van der Waals surface area contributed by atoms with Crippen molar-refractivity contribution < 1.29 is 9.18 Å². The van der Waals surface area contributed by atoms with E-state index in [-0.39, 0.29) is 17.8 Å². The van der Waals surface area contributed by atoms with Crippen LogP contribution >= 0.6 is 0 Å². The molecule has 1 amide bonds. The lowest BCUT2D eigenvalue weighted by Crippen LogP contribution is -2.36. The molecule has 1 atom stereocenters. The van der Waals surface area contributed by atoms with E-state index >= 15 is 0 Å². The van der Waals surface area contributed by atoms with Gasteiger partial charge in [0, 0.05) is 30.7 Å². The van der Waals surface area contributed by atoms with Crippen molar-refractivity contribution >= 4 is 5.91 Å². The van der Waals surface area contributed by atoms with Gasteiger partial charge < -0.3 is 4.90 Å². The average molecular weight is 383 g/mol. The molecule has 3 nitrogen and oxygen atoms in total. The summed E-state index contributed by atoms with van der Waals surface area (Å²) in [6, 6.07) is 15.4. The minimum Gasteiger partial charge on any atom is -0.335 e. The van der Waals surface area contributed by atoms with Crippen molar-refractivity contribution in [3.05, 3.63) is 71.0 Å². The summed E-state index contributed by atoms with van der Waals surface area (Å²) in [6.45, 7) is 9.25. The predicted octanol–water partition coefficient (Wildman–Crippen LogP) is 4.90. The van der Waals surface area contributed by atoms with Gasteiger partial charge in [0.05, 0.1) is 0 Å². The Balaban J connectivity index is 1.67. The number of carbonyl (C=O) groups excluding carboxylic acids is 1. The molecular formula is C24H31FN2O. The highest BCUT2D eigenvalue weighted by Gasteiger charge is 2.29. The molecule has 0 aliphatic carbocycles. The van der Waals surface area contributed by atoms with E-state index in [0.29, 0.717) is 12.5 Å². The smallest absolute Gasteiger partial charge is 0.254 e. The lowest BCUT2D eigenvalue weighted by Gasteiger charge is -2.26. The highest BCUT2D eigenvalue weighted by atomic mass is 19.1. The molecule has 1 saturated heterocycles. The predicted molar refractivity (Wildman–Crippen MR) is 112 cm³/mol. The Morgan fingerprint density at radius 1 is 1.18 bits per heavy atom. The Hall–Kier alpha value is -2.20. The Morgan fingerprint density at radius 2 is 1.93 bits per heavy atom. The molecule has 1 unspecified atom stereocenters. The van der Waals surface area contributed by atoms with Gasteiger partial charge in [-0.25, -0.2) is 4.39 Å². The third kappa shape index (κ3) is 4.99. The first kappa shape index (κ1) is 20.5. The number of amides is 1. The van der Waals surface area contributed by atoms with E-state index in [0.717, 1.165) is 43.6 Å². The zero-order valence-corrected chi connectivity index (χ0v) is 17.2. The van der Waals surface area contributed by atoms with Crippen LogP contribution in [0.2, 0.25) is 0 Å². The van der Waals surface area contributed by atoms with Gasteiger partial charge in [0.25, 0.3) is 5.91 Å². The first-order valence-corrected chi connectivity index (χ1v) is 10.4. The number of benzene rings is 2. The summed E-state index contributed by atoms with van der Waals surface area (Å²) in [5, 5.41) is 0. The summed E-state index contributed by atoms with van der Waals surface area (Å²) >= 11 is 0. The van der Waals surface area contributed by atoms with E-state index in [2.05, 4.69) is 37.8 Å². The van der Waals surface area contributed by atoms with E-state index in [4.69, 9.17) is 0 Å². The molecule has 1 heterocycles. The van der Waals surface area contributed by atoms with Gasteiger partial charge in [-0.05, 0) is 75.0 Å². The van der Waals surface area contributed by atoms with Crippen LogP contribution in [0.25, 0.3) is 0 Å². The second-order valence-corrected chi connectivity index (χ2v) is 7.98. The Bertz CT molecular complexity index is 787. The molecule has 4 heteroatoms. The van der Waals surface area contributed by atoms with Crippen molar-refractivity contribution in [2.45, 2.75) is 58.7 Å². The number of nitrogens with zero attached hydrogens (tertiary/aromatic N) is 2. The zero-order valence-electron chi connectivity index (χ0n) is 17.2. The second-order valence-electron chi connectivity index (χ2n) is 7.98. The summed E-state index contributed by atoms with van der Waals surface area (Å²) in [4.78, 5) is 17.4. The van der Waals surface area contributed by atoms with Crippen LogP contribution in [0.15, 0.2) is 48.5 Å². The van der Waals surface area contributed by atoms with Gasteiger partial charge in [-0.1, -0.05) is 31.2 Å². The molecule has 1 aliphatic heterocycles. The lowest BCUT2D eigenvalue weighted by molar-refractivity contribution is 0.0736. The first-order valence-electron chi connectivity index (χ1n) is 10.4. The number of hydrogen-bond donors (Lipinski definition) is 0. The van der Waals surface area contributed by atoms with Crippen LogP contribution in [0.1, 0.15) is 55.1 Å². The molecule has 1 aliphatic rings. The van der Waals surface area contributed by atoms with Crippen molar-refractivity contribution in [1.29, 1.82) is 0 Å². The highest BCUT2D eigenvalue weighted by molar-refractivity contribution is 5.94. The van der Waals surface area contributed by atoms with Crippen LogP contribution in [0, 0.1) is 5.82 Å². The molecule has 0 radical (unpaired) electrons. The van der Waals surface area contributed by atoms with Crippen LogP contribution in [0.5, 0.6) is 0 Å². The number of likely N-dealkylation sites (tertiary alicyclic amines) is 1. The van der Waals surface area contributed by atoms with Crippen LogP contribution in [-0.4, -0.2) is 40.9 Å². The third-order valence-electron chi connectivity index (χ3n) is 5.72. The van der Waals surface area contributed by atoms with E-state index in [9.17, 15) is 9.18 Å². The number of hydrogen-bond acceptors (Lipinski definition) is 2. The lowest BCUT2D eigenvalue weighted by atomic mass is 10.0. The molecular weight excluding hydrogens is 351 g/mol. The molecule has 0 saturated carbocycles. The van der Waals surface area contributed by atoms with Crippen LogP contribution in [-0.2, 0) is 13.0 Å². The molecule has 3 rings (SSSR count). The largest absolute Gasteiger partial charge is 0.335 e. The average Bonchev–Trinajstić information content (AvgIpc) is 3.14. The normalized spacial score (nSPS) is 16.9. The van der Waals surface area contributed by atoms with E-state index in [1.165, 1.54) is 11.6 Å². The fourth-order valence-electron chi connectivity index (χ4n) is 4.06. The van der Waals surface area contributed by atoms with Gasteiger partial charge in [0.2, 0.25) is 0 Å². The van der Waals surface area contributed by atoms with Gasteiger partial charge in [-0.3, -0.25) is 9.69 Å². The van der Waals surface area contributed by atoms with Gasteiger partial charge >= 0.3 is 0 Å².